The fourth-order valence-corrected chi connectivity index (χ4v) is 3.46. The summed E-state index contributed by atoms with van der Waals surface area (Å²) in [5.41, 5.74) is 1.97. The van der Waals surface area contributed by atoms with E-state index in [4.69, 9.17) is 0 Å². The number of amides is 1. The first kappa shape index (κ1) is 18.7. The average Bonchev–Trinajstić information content (AvgIpc) is 3.35. The second-order valence-electron chi connectivity index (χ2n) is 8.44. The molecule has 0 aliphatic heterocycles. The largest absolute Gasteiger partial charge is 0.386 e. The van der Waals surface area contributed by atoms with Crippen molar-refractivity contribution < 1.29 is 9.90 Å². The second-order valence-corrected chi connectivity index (χ2v) is 8.44. The number of hydrogen-bond donors (Lipinski definition) is 2. The summed E-state index contributed by atoms with van der Waals surface area (Å²) < 4.78 is 3.55. The quantitative estimate of drug-likeness (QED) is 0.528. The predicted octanol–water partition coefficient (Wildman–Crippen LogP) is 2.50. The zero-order chi connectivity index (χ0) is 21.0. The fraction of sp³-hybridized carbons (Fsp3) is 0.381. The number of aromatic nitrogens is 6. The number of nitrogens with zero attached hydrogens (tertiary/aromatic N) is 6. The number of carbonyl (C=O) groups is 1. The van der Waals surface area contributed by atoms with Gasteiger partial charge in [-0.05, 0) is 57.4 Å². The molecule has 1 aliphatic rings. The van der Waals surface area contributed by atoms with Gasteiger partial charge in [0.1, 0.15) is 5.82 Å². The molecular formula is C21H23N7O2. The predicted molar refractivity (Wildman–Crippen MR) is 110 cm³/mol. The van der Waals surface area contributed by atoms with Gasteiger partial charge in [-0.15, -0.1) is 10.2 Å². The molecule has 2 N–H and O–H groups in total. The highest BCUT2D eigenvalue weighted by atomic mass is 16.3. The number of carbonyl (C=O) groups excluding carboxylic acids is 1. The number of nitrogens with one attached hydrogen (secondary N) is 1. The maximum atomic E-state index is 12.0. The van der Waals surface area contributed by atoms with E-state index in [-0.39, 0.29) is 17.7 Å². The van der Waals surface area contributed by atoms with Gasteiger partial charge < -0.3 is 10.4 Å². The summed E-state index contributed by atoms with van der Waals surface area (Å²) in [6.07, 6.45) is 5.48. The monoisotopic (exact) mass is 405 g/mol. The van der Waals surface area contributed by atoms with Crippen molar-refractivity contribution in [2.75, 3.05) is 5.32 Å². The van der Waals surface area contributed by atoms with Gasteiger partial charge >= 0.3 is 0 Å². The Morgan fingerprint density at radius 1 is 1.17 bits per heavy atom. The third-order valence-electron chi connectivity index (χ3n) is 5.51. The Morgan fingerprint density at radius 3 is 2.67 bits per heavy atom. The van der Waals surface area contributed by atoms with Crippen molar-refractivity contribution in [1.29, 1.82) is 0 Å². The highest BCUT2D eigenvalue weighted by molar-refractivity contribution is 5.93. The first-order valence-electron chi connectivity index (χ1n) is 10.0. The standard InChI is InChI=1S/C21H23N7O2/c1-12(19-25-24-18-8-6-14(10-27(18)19)21(2,3)30)15-7-9-17-22-16(11-28(17)26-15)23-20(29)13-4-5-13/h6-13,30H,4-5H2,1-3H3,(H,23,29). The number of pyridine rings is 1. The number of fused-ring (bicyclic) bond motifs is 2. The molecule has 1 aliphatic carbocycles. The van der Waals surface area contributed by atoms with Crippen LogP contribution >= 0.6 is 0 Å². The van der Waals surface area contributed by atoms with Crippen molar-refractivity contribution in [2.45, 2.75) is 45.1 Å². The normalized spacial score (nSPS) is 15.6. The summed E-state index contributed by atoms with van der Waals surface area (Å²) in [7, 11) is 0. The van der Waals surface area contributed by atoms with Crippen LogP contribution in [0.4, 0.5) is 5.82 Å². The Balaban J connectivity index is 1.48. The summed E-state index contributed by atoms with van der Waals surface area (Å²) >= 11 is 0. The smallest absolute Gasteiger partial charge is 0.228 e. The molecule has 0 aromatic carbocycles. The number of rotatable bonds is 5. The minimum atomic E-state index is -0.964. The highest BCUT2D eigenvalue weighted by Gasteiger charge is 2.30. The molecule has 1 unspecified atom stereocenters. The van der Waals surface area contributed by atoms with E-state index in [1.807, 2.05) is 41.8 Å². The topological polar surface area (TPSA) is 110 Å². The van der Waals surface area contributed by atoms with Crippen LogP contribution in [-0.4, -0.2) is 40.2 Å². The van der Waals surface area contributed by atoms with E-state index in [1.165, 1.54) is 0 Å². The van der Waals surface area contributed by atoms with Crippen LogP contribution in [0.5, 0.6) is 0 Å². The van der Waals surface area contributed by atoms with Crippen molar-refractivity contribution in [2.24, 2.45) is 5.92 Å². The van der Waals surface area contributed by atoms with E-state index < -0.39 is 5.60 Å². The lowest BCUT2D eigenvalue weighted by Crippen LogP contribution is -2.16. The van der Waals surface area contributed by atoms with Crippen LogP contribution in [-0.2, 0) is 10.4 Å². The van der Waals surface area contributed by atoms with E-state index in [0.29, 0.717) is 17.1 Å². The van der Waals surface area contributed by atoms with Crippen LogP contribution in [0.25, 0.3) is 11.3 Å². The first-order chi connectivity index (χ1) is 14.3. The Morgan fingerprint density at radius 2 is 1.93 bits per heavy atom. The lowest BCUT2D eigenvalue weighted by molar-refractivity contribution is -0.117. The summed E-state index contributed by atoms with van der Waals surface area (Å²) in [6.45, 7) is 5.50. The van der Waals surface area contributed by atoms with Crippen molar-refractivity contribution in [1.82, 2.24) is 29.2 Å². The molecule has 0 saturated heterocycles. The van der Waals surface area contributed by atoms with Gasteiger partial charge in [0, 0.05) is 12.1 Å². The fourth-order valence-electron chi connectivity index (χ4n) is 3.46. The van der Waals surface area contributed by atoms with E-state index in [0.717, 1.165) is 29.9 Å². The molecular weight excluding hydrogens is 382 g/mol. The first-order valence-corrected chi connectivity index (χ1v) is 10.0. The molecule has 154 valence electrons. The van der Waals surface area contributed by atoms with Gasteiger partial charge in [-0.1, -0.05) is 6.07 Å². The molecule has 1 atom stereocenters. The molecule has 0 radical (unpaired) electrons. The van der Waals surface area contributed by atoms with Gasteiger partial charge in [-0.3, -0.25) is 9.20 Å². The number of hydrogen-bond acceptors (Lipinski definition) is 6. The maximum absolute atomic E-state index is 12.0. The van der Waals surface area contributed by atoms with Gasteiger partial charge in [-0.2, -0.15) is 5.10 Å². The van der Waals surface area contributed by atoms with Gasteiger partial charge in [0.25, 0.3) is 0 Å². The molecule has 0 bridgehead atoms. The molecule has 1 fully saturated rings. The third-order valence-corrected chi connectivity index (χ3v) is 5.51. The summed E-state index contributed by atoms with van der Waals surface area (Å²) in [6, 6.07) is 7.47. The molecule has 0 spiro atoms. The molecule has 1 saturated carbocycles. The zero-order valence-electron chi connectivity index (χ0n) is 17.1. The van der Waals surface area contributed by atoms with Gasteiger partial charge in [0.2, 0.25) is 5.91 Å². The van der Waals surface area contributed by atoms with Crippen molar-refractivity contribution >= 4 is 23.0 Å². The SMILES string of the molecule is CC(c1ccc2nc(NC(=O)C3CC3)cn2n1)c1nnc2ccc(C(C)(C)O)cn12. The molecule has 30 heavy (non-hydrogen) atoms. The van der Waals surface area contributed by atoms with Crippen LogP contribution in [0.15, 0.2) is 36.7 Å². The van der Waals surface area contributed by atoms with Gasteiger partial charge in [0.15, 0.2) is 17.1 Å². The van der Waals surface area contributed by atoms with Crippen LogP contribution < -0.4 is 5.32 Å². The molecule has 5 rings (SSSR count). The Bertz CT molecular complexity index is 1260. The number of imidazole rings is 1. The summed E-state index contributed by atoms with van der Waals surface area (Å²) in [4.78, 5) is 16.4. The van der Waals surface area contributed by atoms with Crippen molar-refractivity contribution in [3.8, 4) is 0 Å². The van der Waals surface area contributed by atoms with Crippen LogP contribution in [0.1, 0.15) is 56.6 Å². The molecule has 4 aromatic heterocycles. The minimum absolute atomic E-state index is 0.0181. The number of anilines is 1. The lowest BCUT2D eigenvalue weighted by atomic mass is 10.0. The highest BCUT2D eigenvalue weighted by Crippen LogP contribution is 2.30. The minimum Gasteiger partial charge on any atom is -0.386 e. The third kappa shape index (κ3) is 3.30. The Labute approximate surface area is 172 Å². The van der Waals surface area contributed by atoms with E-state index in [2.05, 4.69) is 25.6 Å². The molecule has 1 amide bonds. The van der Waals surface area contributed by atoms with Crippen LogP contribution in [0.3, 0.4) is 0 Å². The molecule has 4 aromatic rings. The van der Waals surface area contributed by atoms with E-state index >= 15 is 0 Å². The molecule has 9 heteroatoms. The molecule has 9 nitrogen and oxygen atoms in total. The Hall–Kier alpha value is -3.33. The van der Waals surface area contributed by atoms with Crippen molar-refractivity contribution in [3.05, 3.63) is 53.7 Å². The summed E-state index contributed by atoms with van der Waals surface area (Å²) in [5.74, 6) is 1.23. The average molecular weight is 405 g/mol. The van der Waals surface area contributed by atoms with E-state index in [9.17, 15) is 9.90 Å². The van der Waals surface area contributed by atoms with E-state index in [1.54, 1.807) is 24.6 Å². The van der Waals surface area contributed by atoms with Crippen LogP contribution in [0.2, 0.25) is 0 Å². The zero-order valence-corrected chi connectivity index (χ0v) is 17.1. The van der Waals surface area contributed by atoms with Crippen LogP contribution in [0, 0.1) is 5.92 Å². The van der Waals surface area contributed by atoms with Crippen molar-refractivity contribution in [3.63, 3.8) is 0 Å². The summed E-state index contributed by atoms with van der Waals surface area (Å²) in [5, 5.41) is 26.5. The molecule has 4 heterocycles. The number of aliphatic hydroxyl groups is 1. The van der Waals surface area contributed by atoms with Gasteiger partial charge in [0.05, 0.1) is 23.4 Å². The Kier molecular flexibility index (Phi) is 4.11. The van der Waals surface area contributed by atoms with Gasteiger partial charge in [-0.25, -0.2) is 9.50 Å². The lowest BCUT2D eigenvalue weighted by Gasteiger charge is -2.18. The second kappa shape index (κ2) is 6.60. The maximum Gasteiger partial charge on any atom is 0.228 e.